The number of rotatable bonds is 5. The normalized spacial score (nSPS) is 16.4. The van der Waals surface area contributed by atoms with Crippen LogP contribution in [0.2, 0.25) is 5.02 Å². The van der Waals surface area contributed by atoms with Crippen LogP contribution in [0.3, 0.4) is 0 Å². The average molecular weight is 433 g/mol. The lowest BCUT2D eigenvalue weighted by Crippen LogP contribution is -2.41. The highest BCUT2D eigenvalue weighted by molar-refractivity contribution is 7.22. The standard InChI is InChI=1S/C20H21ClN4O3S/c1-12-13(2)22-11-24(19(12)27)10-17(26)25(9-14-5-4-8-28-14)20-23-18-15(21)6-3-7-16(18)29-20/h3,6-7,11,14H,4-5,8-10H2,1-2H3. The van der Waals surface area contributed by atoms with Gasteiger partial charge in [0.25, 0.3) is 5.56 Å². The van der Waals surface area contributed by atoms with Crippen molar-refractivity contribution in [3.05, 3.63) is 51.2 Å². The van der Waals surface area contributed by atoms with Crippen LogP contribution >= 0.6 is 22.9 Å². The van der Waals surface area contributed by atoms with Crippen LogP contribution in [0.25, 0.3) is 10.2 Å². The highest BCUT2D eigenvalue weighted by atomic mass is 35.5. The van der Waals surface area contributed by atoms with Gasteiger partial charge in [-0.25, -0.2) is 9.97 Å². The van der Waals surface area contributed by atoms with Crippen LogP contribution in [0.5, 0.6) is 0 Å². The van der Waals surface area contributed by atoms with Crippen molar-refractivity contribution < 1.29 is 9.53 Å². The number of nitrogens with zero attached hydrogens (tertiary/aromatic N) is 4. The van der Waals surface area contributed by atoms with E-state index < -0.39 is 0 Å². The Kier molecular flexibility index (Phi) is 5.67. The van der Waals surface area contributed by atoms with Crippen LogP contribution in [0.4, 0.5) is 5.13 Å². The quantitative estimate of drug-likeness (QED) is 0.618. The van der Waals surface area contributed by atoms with Gasteiger partial charge >= 0.3 is 0 Å². The summed E-state index contributed by atoms with van der Waals surface area (Å²) < 4.78 is 7.98. The first kappa shape index (κ1) is 20.0. The minimum absolute atomic E-state index is 0.0453. The molecule has 1 atom stereocenters. The first-order chi connectivity index (χ1) is 13.9. The maximum atomic E-state index is 13.2. The highest BCUT2D eigenvalue weighted by Crippen LogP contribution is 2.33. The number of benzene rings is 1. The second kappa shape index (κ2) is 8.22. The van der Waals surface area contributed by atoms with Crippen LogP contribution in [-0.4, -0.2) is 39.7 Å². The number of carbonyl (C=O) groups excluding carboxylic acids is 1. The highest BCUT2D eigenvalue weighted by Gasteiger charge is 2.27. The van der Waals surface area contributed by atoms with Gasteiger partial charge in [-0.1, -0.05) is 29.0 Å². The summed E-state index contributed by atoms with van der Waals surface area (Å²) in [5.41, 5.74) is 1.66. The topological polar surface area (TPSA) is 77.3 Å². The lowest BCUT2D eigenvalue weighted by Gasteiger charge is -2.23. The Morgan fingerprint density at radius 1 is 1.41 bits per heavy atom. The number of para-hydroxylation sites is 1. The number of anilines is 1. The zero-order chi connectivity index (χ0) is 20.5. The predicted molar refractivity (Wildman–Crippen MR) is 114 cm³/mol. The minimum atomic E-state index is -0.233. The molecule has 0 saturated carbocycles. The Bertz CT molecular complexity index is 1120. The molecule has 0 N–H and O–H groups in total. The van der Waals surface area contributed by atoms with E-state index in [9.17, 15) is 9.59 Å². The third kappa shape index (κ3) is 4.05. The molecule has 1 saturated heterocycles. The predicted octanol–water partition coefficient (Wildman–Crippen LogP) is 3.34. The summed E-state index contributed by atoms with van der Waals surface area (Å²) in [6, 6.07) is 5.56. The Morgan fingerprint density at radius 3 is 2.97 bits per heavy atom. The molecule has 0 spiro atoms. The van der Waals surface area contributed by atoms with Crippen LogP contribution in [0.1, 0.15) is 24.1 Å². The summed E-state index contributed by atoms with van der Waals surface area (Å²) in [5, 5.41) is 1.10. The van der Waals surface area contributed by atoms with Gasteiger partial charge in [0.05, 0.1) is 28.7 Å². The largest absolute Gasteiger partial charge is 0.376 e. The minimum Gasteiger partial charge on any atom is -0.376 e. The van der Waals surface area contributed by atoms with Gasteiger partial charge in [-0.3, -0.25) is 19.1 Å². The fourth-order valence-corrected chi connectivity index (χ4v) is 4.61. The number of carbonyl (C=O) groups is 1. The third-order valence-electron chi connectivity index (χ3n) is 5.12. The van der Waals surface area contributed by atoms with Crippen LogP contribution in [0, 0.1) is 13.8 Å². The fraction of sp³-hybridized carbons (Fsp3) is 0.400. The van der Waals surface area contributed by atoms with E-state index in [4.69, 9.17) is 16.3 Å². The van der Waals surface area contributed by atoms with Crippen molar-refractivity contribution in [2.75, 3.05) is 18.1 Å². The third-order valence-corrected chi connectivity index (χ3v) is 6.47. The van der Waals surface area contributed by atoms with Crippen molar-refractivity contribution in [1.82, 2.24) is 14.5 Å². The molecule has 2 aromatic heterocycles. The van der Waals surface area contributed by atoms with Gasteiger partial charge in [0.15, 0.2) is 5.13 Å². The van der Waals surface area contributed by atoms with Gasteiger partial charge in [-0.2, -0.15) is 0 Å². The molecule has 1 aromatic carbocycles. The number of hydrogen-bond donors (Lipinski definition) is 0. The van der Waals surface area contributed by atoms with Gasteiger partial charge in [0.1, 0.15) is 12.1 Å². The van der Waals surface area contributed by atoms with Crippen molar-refractivity contribution in [3.63, 3.8) is 0 Å². The lowest BCUT2D eigenvalue weighted by atomic mass is 10.2. The molecule has 7 nitrogen and oxygen atoms in total. The van der Waals surface area contributed by atoms with E-state index in [1.807, 2.05) is 12.1 Å². The maximum Gasteiger partial charge on any atom is 0.256 e. The SMILES string of the molecule is Cc1ncn(CC(=O)N(CC2CCCO2)c2nc3c(Cl)cccc3s2)c(=O)c1C. The molecule has 0 bridgehead atoms. The number of hydrogen-bond acceptors (Lipinski definition) is 6. The number of halogens is 1. The van der Waals surface area contributed by atoms with Crippen molar-refractivity contribution in [2.45, 2.75) is 39.3 Å². The summed E-state index contributed by atoms with van der Waals surface area (Å²) in [5.74, 6) is -0.233. The number of fused-ring (bicyclic) bond motifs is 1. The molecular weight excluding hydrogens is 412 g/mol. The maximum absolute atomic E-state index is 13.2. The summed E-state index contributed by atoms with van der Waals surface area (Å²) in [7, 11) is 0. The monoisotopic (exact) mass is 432 g/mol. The summed E-state index contributed by atoms with van der Waals surface area (Å²) in [6.45, 7) is 4.47. The number of amides is 1. The molecule has 0 aliphatic carbocycles. The summed E-state index contributed by atoms with van der Waals surface area (Å²) in [4.78, 5) is 36.2. The molecule has 152 valence electrons. The van der Waals surface area contributed by atoms with E-state index in [1.165, 1.54) is 22.2 Å². The smallest absolute Gasteiger partial charge is 0.256 e. The Morgan fingerprint density at radius 2 is 2.24 bits per heavy atom. The first-order valence-electron chi connectivity index (χ1n) is 9.43. The van der Waals surface area contributed by atoms with Gasteiger partial charge in [-0.05, 0) is 38.8 Å². The van der Waals surface area contributed by atoms with Crippen LogP contribution in [-0.2, 0) is 16.1 Å². The molecule has 3 heterocycles. The number of ether oxygens (including phenoxy) is 1. The van der Waals surface area contributed by atoms with Gasteiger partial charge in [0.2, 0.25) is 5.91 Å². The molecule has 1 amide bonds. The number of aryl methyl sites for hydroxylation is 1. The van der Waals surface area contributed by atoms with Gasteiger partial charge < -0.3 is 4.74 Å². The zero-order valence-corrected chi connectivity index (χ0v) is 17.8. The summed E-state index contributed by atoms with van der Waals surface area (Å²) in [6.07, 6.45) is 3.23. The van der Waals surface area contributed by atoms with Crippen molar-refractivity contribution >= 4 is 44.2 Å². The molecular formula is C20H21ClN4O3S. The number of thiazole rings is 1. The van der Waals surface area contributed by atoms with Gasteiger partial charge in [0, 0.05) is 17.9 Å². The van der Waals surface area contributed by atoms with Crippen LogP contribution < -0.4 is 10.5 Å². The molecule has 1 fully saturated rings. The van der Waals surface area contributed by atoms with Crippen LogP contribution in [0.15, 0.2) is 29.3 Å². The number of aromatic nitrogens is 3. The van der Waals surface area contributed by atoms with Crippen molar-refractivity contribution in [1.29, 1.82) is 0 Å². The van der Waals surface area contributed by atoms with E-state index in [0.717, 1.165) is 17.5 Å². The second-order valence-electron chi connectivity index (χ2n) is 7.11. The lowest BCUT2D eigenvalue weighted by molar-refractivity contribution is -0.119. The van der Waals surface area contributed by atoms with E-state index in [1.54, 1.807) is 24.8 Å². The van der Waals surface area contributed by atoms with Gasteiger partial charge in [-0.15, -0.1) is 0 Å². The van der Waals surface area contributed by atoms with E-state index in [0.29, 0.717) is 40.1 Å². The first-order valence-corrected chi connectivity index (χ1v) is 10.6. The molecule has 4 rings (SSSR count). The van der Waals surface area contributed by atoms with E-state index in [2.05, 4.69) is 9.97 Å². The fourth-order valence-electron chi connectivity index (χ4n) is 3.32. The van der Waals surface area contributed by atoms with Crippen molar-refractivity contribution in [2.24, 2.45) is 0 Å². The molecule has 9 heteroatoms. The molecule has 3 aromatic rings. The Balaban J connectivity index is 1.67. The molecule has 1 unspecified atom stereocenters. The molecule has 29 heavy (non-hydrogen) atoms. The van der Waals surface area contributed by atoms with E-state index in [-0.39, 0.29) is 24.1 Å². The molecule has 0 radical (unpaired) electrons. The summed E-state index contributed by atoms with van der Waals surface area (Å²) >= 11 is 7.67. The van der Waals surface area contributed by atoms with E-state index >= 15 is 0 Å². The zero-order valence-electron chi connectivity index (χ0n) is 16.2. The Labute approximate surface area is 176 Å². The average Bonchev–Trinajstić information content (AvgIpc) is 3.36. The molecule has 1 aliphatic rings. The van der Waals surface area contributed by atoms with Crippen molar-refractivity contribution in [3.8, 4) is 0 Å². The molecule has 1 aliphatic heterocycles. The Hall–Kier alpha value is -2.29. The second-order valence-corrected chi connectivity index (χ2v) is 8.53.